The first kappa shape index (κ1) is 15.1. The zero-order valence-electron chi connectivity index (χ0n) is 13.1. The van der Waals surface area contributed by atoms with Gasteiger partial charge in [0.1, 0.15) is 6.04 Å². The molecule has 24 heavy (non-hydrogen) atoms. The zero-order valence-corrected chi connectivity index (χ0v) is 14.7. The summed E-state index contributed by atoms with van der Waals surface area (Å²) in [4.78, 5) is 18.9. The molecule has 0 spiro atoms. The summed E-state index contributed by atoms with van der Waals surface area (Å²) < 4.78 is 2.65. The van der Waals surface area contributed by atoms with Crippen LogP contribution in [0.1, 0.15) is 6.42 Å². The highest BCUT2D eigenvalue weighted by Crippen LogP contribution is 2.29. The average Bonchev–Trinajstić information content (AvgIpc) is 3.15. The van der Waals surface area contributed by atoms with Gasteiger partial charge in [0.2, 0.25) is 5.91 Å². The number of fused-ring (bicyclic) bond motifs is 1. The van der Waals surface area contributed by atoms with Gasteiger partial charge in [-0.15, -0.1) is 0 Å². The van der Waals surface area contributed by atoms with Crippen molar-refractivity contribution in [2.75, 3.05) is 16.8 Å². The molecule has 3 aromatic rings. The standard InChI is InChI=1S/C17H16BrN5O/c1-22-10-11(9-20-22)23-8-6-15(17(23)24)21-14-5-7-19-16-12(14)3-2-4-13(16)18/h2-5,7,9-10,15H,6,8H2,1H3,(H,19,21). The highest BCUT2D eigenvalue weighted by atomic mass is 79.9. The van der Waals surface area contributed by atoms with E-state index in [4.69, 9.17) is 0 Å². The summed E-state index contributed by atoms with van der Waals surface area (Å²) in [7, 11) is 1.85. The molecule has 1 amide bonds. The number of hydrogen-bond acceptors (Lipinski definition) is 4. The van der Waals surface area contributed by atoms with E-state index >= 15 is 0 Å². The number of halogens is 1. The maximum atomic E-state index is 12.7. The minimum Gasteiger partial charge on any atom is -0.373 e. The zero-order chi connectivity index (χ0) is 16.7. The monoisotopic (exact) mass is 385 g/mol. The van der Waals surface area contributed by atoms with Gasteiger partial charge < -0.3 is 10.2 Å². The molecule has 3 heterocycles. The quantitative estimate of drug-likeness (QED) is 0.752. The van der Waals surface area contributed by atoms with E-state index < -0.39 is 0 Å². The highest BCUT2D eigenvalue weighted by molar-refractivity contribution is 9.10. The first-order chi connectivity index (χ1) is 11.6. The number of aromatic nitrogens is 3. The Kier molecular flexibility index (Phi) is 3.72. The number of carbonyl (C=O) groups excluding carboxylic acids is 1. The second-order valence-corrected chi connectivity index (χ2v) is 6.70. The lowest BCUT2D eigenvalue weighted by Gasteiger charge is -2.17. The van der Waals surface area contributed by atoms with Crippen LogP contribution in [0.5, 0.6) is 0 Å². The van der Waals surface area contributed by atoms with Crippen LogP contribution in [0.15, 0.2) is 47.3 Å². The molecular formula is C17H16BrN5O. The average molecular weight is 386 g/mol. The lowest BCUT2D eigenvalue weighted by Crippen LogP contribution is -2.33. The summed E-state index contributed by atoms with van der Waals surface area (Å²) in [6, 6.07) is 7.61. The van der Waals surface area contributed by atoms with Crippen molar-refractivity contribution in [3.8, 4) is 0 Å². The first-order valence-corrected chi connectivity index (χ1v) is 8.52. The molecule has 7 heteroatoms. The summed E-state index contributed by atoms with van der Waals surface area (Å²) in [6.07, 6.45) is 6.09. The number of carbonyl (C=O) groups is 1. The Labute approximate surface area is 147 Å². The maximum Gasteiger partial charge on any atom is 0.249 e. The second kappa shape index (κ2) is 5.90. The third-order valence-corrected chi connectivity index (χ3v) is 4.90. The number of para-hydroxylation sites is 1. The van der Waals surface area contributed by atoms with E-state index in [2.05, 4.69) is 31.3 Å². The minimum atomic E-state index is -0.241. The Morgan fingerprint density at radius 2 is 2.21 bits per heavy atom. The van der Waals surface area contributed by atoms with Gasteiger partial charge in [0.15, 0.2) is 0 Å². The van der Waals surface area contributed by atoms with E-state index in [-0.39, 0.29) is 11.9 Å². The lowest BCUT2D eigenvalue weighted by atomic mass is 10.1. The van der Waals surface area contributed by atoms with Gasteiger partial charge in [-0.2, -0.15) is 5.10 Å². The number of nitrogens with one attached hydrogen (secondary N) is 1. The highest BCUT2D eigenvalue weighted by Gasteiger charge is 2.33. The molecule has 1 unspecified atom stereocenters. The van der Waals surface area contributed by atoms with Crippen molar-refractivity contribution in [1.82, 2.24) is 14.8 Å². The van der Waals surface area contributed by atoms with Crippen molar-refractivity contribution in [2.24, 2.45) is 7.05 Å². The van der Waals surface area contributed by atoms with E-state index in [9.17, 15) is 4.79 Å². The molecule has 6 nitrogen and oxygen atoms in total. The fourth-order valence-electron chi connectivity index (χ4n) is 3.07. The van der Waals surface area contributed by atoms with Crippen molar-refractivity contribution in [2.45, 2.75) is 12.5 Å². The number of benzene rings is 1. The molecule has 1 aliphatic heterocycles. The largest absolute Gasteiger partial charge is 0.373 e. The number of anilines is 2. The molecule has 122 valence electrons. The van der Waals surface area contributed by atoms with Gasteiger partial charge in [0.05, 0.1) is 17.4 Å². The van der Waals surface area contributed by atoms with Crippen molar-refractivity contribution < 1.29 is 4.79 Å². The number of pyridine rings is 1. The fourth-order valence-corrected chi connectivity index (χ4v) is 3.54. The van der Waals surface area contributed by atoms with E-state index in [1.54, 1.807) is 22.0 Å². The van der Waals surface area contributed by atoms with Gasteiger partial charge in [0.25, 0.3) is 0 Å². The summed E-state index contributed by atoms with van der Waals surface area (Å²) in [5, 5.41) is 8.53. The van der Waals surface area contributed by atoms with Gasteiger partial charge >= 0.3 is 0 Å². The van der Waals surface area contributed by atoms with E-state index in [1.165, 1.54) is 0 Å². The van der Waals surface area contributed by atoms with Gasteiger partial charge in [-0.25, -0.2) is 0 Å². The maximum absolute atomic E-state index is 12.7. The predicted octanol–water partition coefficient (Wildman–Crippen LogP) is 2.95. The molecule has 4 rings (SSSR count). The fraction of sp³-hybridized carbons (Fsp3) is 0.235. The molecule has 0 saturated carbocycles. The second-order valence-electron chi connectivity index (χ2n) is 5.84. The molecule has 1 atom stereocenters. The molecule has 2 aromatic heterocycles. The molecule has 1 aromatic carbocycles. The van der Waals surface area contributed by atoms with Gasteiger partial charge in [-0.3, -0.25) is 14.5 Å². The smallest absolute Gasteiger partial charge is 0.249 e. The predicted molar refractivity (Wildman–Crippen MR) is 97.0 cm³/mol. The van der Waals surface area contributed by atoms with Gasteiger partial charge in [-0.05, 0) is 34.5 Å². The Hall–Kier alpha value is -2.41. The molecule has 1 fully saturated rings. The van der Waals surface area contributed by atoms with Crippen LogP contribution in [0.3, 0.4) is 0 Å². The van der Waals surface area contributed by atoms with E-state index in [1.807, 2.05) is 37.5 Å². The van der Waals surface area contributed by atoms with Crippen LogP contribution in [0.2, 0.25) is 0 Å². The molecule has 1 aliphatic rings. The van der Waals surface area contributed by atoms with Crippen molar-refractivity contribution >= 4 is 44.1 Å². The van der Waals surface area contributed by atoms with Crippen molar-refractivity contribution in [3.05, 3.63) is 47.3 Å². The lowest BCUT2D eigenvalue weighted by molar-refractivity contribution is -0.117. The van der Waals surface area contributed by atoms with E-state index in [0.29, 0.717) is 6.54 Å². The SMILES string of the molecule is Cn1cc(N2CCC(Nc3ccnc4c(Br)cccc34)C2=O)cn1. The Morgan fingerprint density at radius 1 is 1.33 bits per heavy atom. The molecule has 0 bridgehead atoms. The van der Waals surface area contributed by atoms with Gasteiger partial charge in [-0.1, -0.05) is 12.1 Å². The summed E-state index contributed by atoms with van der Waals surface area (Å²) >= 11 is 3.52. The summed E-state index contributed by atoms with van der Waals surface area (Å²) in [6.45, 7) is 0.689. The third-order valence-electron chi connectivity index (χ3n) is 4.26. The number of amides is 1. The molecule has 1 saturated heterocycles. The van der Waals surface area contributed by atoms with Crippen LogP contribution in [-0.4, -0.2) is 33.3 Å². The number of nitrogens with zero attached hydrogens (tertiary/aromatic N) is 4. The van der Waals surface area contributed by atoms with Crippen LogP contribution < -0.4 is 10.2 Å². The Balaban J connectivity index is 1.61. The van der Waals surface area contributed by atoms with Gasteiger partial charge in [0, 0.05) is 41.5 Å². The van der Waals surface area contributed by atoms with Crippen LogP contribution in [-0.2, 0) is 11.8 Å². The first-order valence-electron chi connectivity index (χ1n) is 7.73. The van der Waals surface area contributed by atoms with Crippen molar-refractivity contribution in [3.63, 3.8) is 0 Å². The molecule has 0 aliphatic carbocycles. The van der Waals surface area contributed by atoms with Crippen LogP contribution >= 0.6 is 15.9 Å². The summed E-state index contributed by atoms with van der Waals surface area (Å²) in [5.41, 5.74) is 2.65. The number of aryl methyl sites for hydroxylation is 1. The Morgan fingerprint density at radius 3 is 3.00 bits per heavy atom. The number of hydrogen-bond donors (Lipinski definition) is 1. The van der Waals surface area contributed by atoms with Crippen LogP contribution in [0.4, 0.5) is 11.4 Å². The topological polar surface area (TPSA) is 63.1 Å². The molecular weight excluding hydrogens is 370 g/mol. The molecule has 0 radical (unpaired) electrons. The summed E-state index contributed by atoms with van der Waals surface area (Å²) in [5.74, 6) is 0.0722. The van der Waals surface area contributed by atoms with Crippen LogP contribution in [0, 0.1) is 0 Å². The van der Waals surface area contributed by atoms with Crippen molar-refractivity contribution in [1.29, 1.82) is 0 Å². The number of rotatable bonds is 3. The normalized spacial score (nSPS) is 17.7. The molecule has 1 N–H and O–H groups in total. The Bertz CT molecular complexity index is 922. The van der Waals surface area contributed by atoms with E-state index in [0.717, 1.165) is 33.2 Å². The minimum absolute atomic E-state index is 0.0722. The third kappa shape index (κ3) is 2.54. The van der Waals surface area contributed by atoms with Crippen LogP contribution in [0.25, 0.3) is 10.9 Å².